The van der Waals surface area contributed by atoms with Crippen molar-refractivity contribution < 1.29 is 13.6 Å². The first-order valence-electron chi connectivity index (χ1n) is 9.07. The molecule has 1 aromatic carbocycles. The smallest absolute Gasteiger partial charge is 0.333 e. The highest BCUT2D eigenvalue weighted by molar-refractivity contribution is 5.95. The average Bonchev–Trinajstić information content (AvgIpc) is 3.16. The number of carbonyl (C=O) groups excluding carboxylic acids is 1. The number of benzene rings is 1. The maximum atomic E-state index is 12.9. The number of alkyl halides is 2. The Labute approximate surface area is 158 Å². The van der Waals surface area contributed by atoms with Gasteiger partial charge in [0.15, 0.2) is 0 Å². The third kappa shape index (κ3) is 4.18. The molecule has 0 N–H and O–H groups in total. The molecular weight excluding hydrogens is 350 g/mol. The molecule has 1 atom stereocenters. The van der Waals surface area contributed by atoms with Crippen molar-refractivity contribution in [2.24, 2.45) is 5.41 Å². The molecule has 0 saturated carbocycles. The van der Waals surface area contributed by atoms with Gasteiger partial charge < -0.3 is 9.80 Å². The van der Waals surface area contributed by atoms with Gasteiger partial charge in [-0.1, -0.05) is 19.1 Å². The number of hydrogen-bond acceptors (Lipinski definition) is 3. The molecule has 2 heterocycles. The zero-order chi connectivity index (χ0) is 19.8. The Kier molecular flexibility index (Phi) is 5.33. The highest BCUT2D eigenvalue weighted by Crippen LogP contribution is 2.30. The summed E-state index contributed by atoms with van der Waals surface area (Å²) in [7, 11) is 3.91. The highest BCUT2D eigenvalue weighted by atomic mass is 19.3. The summed E-state index contributed by atoms with van der Waals surface area (Å²) in [6.45, 7) is 3.91. The van der Waals surface area contributed by atoms with E-state index in [1.807, 2.05) is 13.1 Å². The van der Waals surface area contributed by atoms with Crippen molar-refractivity contribution in [2.45, 2.75) is 26.8 Å². The predicted octanol–water partition coefficient (Wildman–Crippen LogP) is 3.67. The first-order valence-corrected chi connectivity index (χ1v) is 9.07. The number of hydrogen-bond donors (Lipinski definition) is 0. The second-order valence-corrected chi connectivity index (χ2v) is 7.93. The monoisotopic (exact) mass is 376 g/mol. The van der Waals surface area contributed by atoms with Crippen LogP contribution >= 0.6 is 0 Å². The standard InChI is InChI=1S/C20H26F2N4O/c1-14-17(11-26(23-14)19(21)22)15-6-5-7-16(10-15)18(27)25(4)13-20(2)8-9-24(3)12-20/h5-7,10-11,19H,8-9,12-13H2,1-4H3. The Morgan fingerprint density at radius 3 is 2.74 bits per heavy atom. The van der Waals surface area contributed by atoms with E-state index in [9.17, 15) is 13.6 Å². The molecule has 146 valence electrons. The maximum Gasteiger partial charge on any atom is 0.333 e. The van der Waals surface area contributed by atoms with Crippen LogP contribution in [0, 0.1) is 12.3 Å². The van der Waals surface area contributed by atoms with Crippen LogP contribution in [0.2, 0.25) is 0 Å². The van der Waals surface area contributed by atoms with Crippen molar-refractivity contribution in [1.29, 1.82) is 0 Å². The molecule has 1 aliphatic rings. The number of likely N-dealkylation sites (tertiary alicyclic amines) is 1. The Bertz CT molecular complexity index is 835. The topological polar surface area (TPSA) is 41.4 Å². The van der Waals surface area contributed by atoms with Crippen LogP contribution in [0.4, 0.5) is 8.78 Å². The number of aromatic nitrogens is 2. The number of aryl methyl sites for hydroxylation is 1. The van der Waals surface area contributed by atoms with Crippen LogP contribution in [0.1, 0.15) is 35.9 Å². The average molecular weight is 376 g/mol. The van der Waals surface area contributed by atoms with E-state index in [1.54, 1.807) is 30.0 Å². The largest absolute Gasteiger partial charge is 0.341 e. The molecule has 2 aromatic rings. The molecule has 1 amide bonds. The molecule has 1 aromatic heterocycles. The molecule has 5 nitrogen and oxygen atoms in total. The lowest BCUT2D eigenvalue weighted by Crippen LogP contribution is -2.38. The fourth-order valence-corrected chi connectivity index (χ4v) is 3.95. The molecule has 1 unspecified atom stereocenters. The van der Waals surface area contributed by atoms with Crippen molar-refractivity contribution in [2.75, 3.05) is 33.7 Å². The van der Waals surface area contributed by atoms with Crippen molar-refractivity contribution in [3.8, 4) is 11.1 Å². The number of nitrogens with zero attached hydrogens (tertiary/aromatic N) is 4. The fraction of sp³-hybridized carbons (Fsp3) is 0.500. The van der Waals surface area contributed by atoms with E-state index < -0.39 is 6.55 Å². The highest BCUT2D eigenvalue weighted by Gasteiger charge is 2.34. The van der Waals surface area contributed by atoms with E-state index in [2.05, 4.69) is 24.0 Å². The van der Waals surface area contributed by atoms with Gasteiger partial charge in [0.05, 0.1) is 5.69 Å². The normalized spacial score (nSPS) is 20.4. The lowest BCUT2D eigenvalue weighted by molar-refractivity contribution is 0.0563. The molecule has 0 spiro atoms. The summed E-state index contributed by atoms with van der Waals surface area (Å²) in [5.74, 6) is -0.0634. The summed E-state index contributed by atoms with van der Waals surface area (Å²) in [6.07, 6.45) is 2.38. The Balaban J connectivity index is 1.79. The SMILES string of the molecule is Cc1nn(C(F)F)cc1-c1cccc(C(=O)N(C)CC2(C)CCN(C)C2)c1. The number of carbonyl (C=O) groups is 1. The molecular formula is C20H26F2N4O. The van der Waals surface area contributed by atoms with E-state index in [0.717, 1.165) is 19.5 Å². The molecule has 7 heteroatoms. The lowest BCUT2D eigenvalue weighted by Gasteiger charge is -2.30. The van der Waals surface area contributed by atoms with Crippen molar-refractivity contribution in [3.63, 3.8) is 0 Å². The molecule has 27 heavy (non-hydrogen) atoms. The summed E-state index contributed by atoms with van der Waals surface area (Å²) < 4.78 is 26.4. The minimum absolute atomic E-state index is 0.0634. The van der Waals surface area contributed by atoms with Crippen LogP contribution in [-0.2, 0) is 0 Å². The van der Waals surface area contributed by atoms with Gasteiger partial charge in [-0.3, -0.25) is 4.79 Å². The molecule has 3 rings (SSSR count). The third-order valence-electron chi connectivity index (χ3n) is 5.25. The quantitative estimate of drug-likeness (QED) is 0.800. The van der Waals surface area contributed by atoms with Gasteiger partial charge in [0.25, 0.3) is 5.91 Å². The zero-order valence-corrected chi connectivity index (χ0v) is 16.2. The van der Waals surface area contributed by atoms with E-state index in [1.165, 1.54) is 6.20 Å². The van der Waals surface area contributed by atoms with E-state index in [-0.39, 0.29) is 11.3 Å². The van der Waals surface area contributed by atoms with Gasteiger partial charge in [0.1, 0.15) is 0 Å². The van der Waals surface area contributed by atoms with E-state index in [0.29, 0.717) is 33.6 Å². The van der Waals surface area contributed by atoms with Crippen molar-refractivity contribution in [3.05, 3.63) is 41.7 Å². The van der Waals surface area contributed by atoms with Gasteiger partial charge in [-0.05, 0) is 50.0 Å². The molecule has 1 saturated heterocycles. The van der Waals surface area contributed by atoms with Crippen LogP contribution in [0.25, 0.3) is 11.1 Å². The Hall–Kier alpha value is -2.28. The summed E-state index contributed by atoms with van der Waals surface area (Å²) in [5.41, 5.74) is 2.47. The third-order valence-corrected chi connectivity index (χ3v) is 5.25. The van der Waals surface area contributed by atoms with Gasteiger partial charge >= 0.3 is 6.55 Å². The number of halogens is 2. The van der Waals surface area contributed by atoms with Gasteiger partial charge in [-0.15, -0.1) is 0 Å². The number of rotatable bonds is 5. The molecule has 1 aliphatic heterocycles. The Morgan fingerprint density at radius 1 is 1.41 bits per heavy atom. The zero-order valence-electron chi connectivity index (χ0n) is 16.2. The maximum absolute atomic E-state index is 12.9. The fourth-order valence-electron chi connectivity index (χ4n) is 3.95. The summed E-state index contributed by atoms with van der Waals surface area (Å²) in [6, 6.07) is 7.10. The molecule has 0 aliphatic carbocycles. The minimum Gasteiger partial charge on any atom is -0.341 e. The second-order valence-electron chi connectivity index (χ2n) is 7.93. The van der Waals surface area contributed by atoms with Gasteiger partial charge in [-0.25, -0.2) is 4.68 Å². The van der Waals surface area contributed by atoms with Crippen LogP contribution in [0.3, 0.4) is 0 Å². The first kappa shape index (κ1) is 19.5. The minimum atomic E-state index is -2.68. The van der Waals surface area contributed by atoms with Crippen LogP contribution in [-0.4, -0.2) is 59.2 Å². The molecule has 1 fully saturated rings. The predicted molar refractivity (Wildman–Crippen MR) is 101 cm³/mol. The second kappa shape index (κ2) is 7.38. The summed E-state index contributed by atoms with van der Waals surface area (Å²) >= 11 is 0. The van der Waals surface area contributed by atoms with Crippen molar-refractivity contribution >= 4 is 5.91 Å². The van der Waals surface area contributed by atoms with Crippen LogP contribution < -0.4 is 0 Å². The summed E-state index contributed by atoms with van der Waals surface area (Å²) in [4.78, 5) is 16.9. The van der Waals surface area contributed by atoms with E-state index in [4.69, 9.17) is 0 Å². The van der Waals surface area contributed by atoms with E-state index >= 15 is 0 Å². The van der Waals surface area contributed by atoms with Crippen LogP contribution in [0.15, 0.2) is 30.5 Å². The number of amides is 1. The lowest BCUT2D eigenvalue weighted by atomic mass is 9.89. The van der Waals surface area contributed by atoms with Gasteiger partial charge in [0, 0.05) is 37.5 Å². The van der Waals surface area contributed by atoms with Gasteiger partial charge in [0.2, 0.25) is 0 Å². The van der Waals surface area contributed by atoms with Crippen molar-refractivity contribution in [1.82, 2.24) is 19.6 Å². The van der Waals surface area contributed by atoms with Crippen LogP contribution in [0.5, 0.6) is 0 Å². The molecule has 0 radical (unpaired) electrons. The van der Waals surface area contributed by atoms with Gasteiger partial charge in [-0.2, -0.15) is 13.9 Å². The summed E-state index contributed by atoms with van der Waals surface area (Å²) in [5, 5.41) is 3.85. The Morgan fingerprint density at radius 2 is 2.15 bits per heavy atom. The molecule has 0 bridgehead atoms. The first-order chi connectivity index (χ1) is 12.7.